The summed E-state index contributed by atoms with van der Waals surface area (Å²) in [6.07, 6.45) is 2.62. The van der Waals surface area contributed by atoms with Gasteiger partial charge >= 0.3 is 5.97 Å². The number of aryl methyl sites for hydroxylation is 1. The molecule has 3 rings (SSSR count). The average Bonchev–Trinajstić information content (AvgIpc) is 2.77. The number of ether oxygens (including phenoxy) is 2. The molecule has 0 bridgehead atoms. The fraction of sp³-hybridized carbons (Fsp3) is 0.381. The maximum absolute atomic E-state index is 12.9. The smallest absolute Gasteiger partial charge is 0.338 e. The van der Waals surface area contributed by atoms with E-state index in [0.29, 0.717) is 30.0 Å². The largest absolute Gasteiger partial charge is 0.496 e. The van der Waals surface area contributed by atoms with E-state index in [4.69, 9.17) is 9.47 Å². The number of non-ortho nitro benzene ring substituents is 1. The zero-order valence-corrected chi connectivity index (χ0v) is 18.2. The molecular weight excluding hydrogens is 424 g/mol. The maximum atomic E-state index is 12.9. The van der Waals surface area contributed by atoms with E-state index < -0.39 is 20.9 Å². The lowest BCUT2D eigenvalue weighted by atomic mass is 10.1. The number of esters is 1. The summed E-state index contributed by atoms with van der Waals surface area (Å²) in [7, 11) is -2.29. The molecule has 2 aromatic carbocycles. The van der Waals surface area contributed by atoms with Gasteiger partial charge in [-0.1, -0.05) is 12.5 Å². The van der Waals surface area contributed by atoms with E-state index in [-0.39, 0.29) is 22.8 Å². The van der Waals surface area contributed by atoms with Crippen LogP contribution in [0.3, 0.4) is 0 Å². The number of carbonyl (C=O) groups is 1. The molecule has 0 saturated carbocycles. The molecule has 0 radical (unpaired) electrons. The van der Waals surface area contributed by atoms with Crippen molar-refractivity contribution in [2.24, 2.45) is 0 Å². The second kappa shape index (κ2) is 9.44. The lowest BCUT2D eigenvalue weighted by Gasteiger charge is -2.26. The molecule has 0 unspecified atom stereocenters. The Balaban J connectivity index is 1.82. The number of rotatable bonds is 7. The van der Waals surface area contributed by atoms with Crippen molar-refractivity contribution in [3.63, 3.8) is 0 Å². The van der Waals surface area contributed by atoms with Crippen molar-refractivity contribution >= 4 is 21.7 Å². The Morgan fingerprint density at radius 2 is 1.84 bits per heavy atom. The van der Waals surface area contributed by atoms with Crippen molar-refractivity contribution in [3.8, 4) is 5.75 Å². The summed E-state index contributed by atoms with van der Waals surface area (Å²) < 4.78 is 37.8. The Bertz CT molecular complexity index is 1090. The first-order valence-electron chi connectivity index (χ1n) is 9.83. The summed E-state index contributed by atoms with van der Waals surface area (Å²) in [4.78, 5) is 23.2. The minimum absolute atomic E-state index is 0.0416. The summed E-state index contributed by atoms with van der Waals surface area (Å²) >= 11 is 0. The van der Waals surface area contributed by atoms with Gasteiger partial charge in [0, 0.05) is 30.8 Å². The number of benzene rings is 2. The standard InChI is InChI=1S/C21H24N2O7S/c1-15-6-8-18(31(27,28)22-10-4-3-5-11-22)13-19(15)21(24)30-14-16-12-17(23(25)26)7-9-20(16)29-2/h6-9,12-13H,3-5,10-11,14H2,1-2H3. The van der Waals surface area contributed by atoms with Gasteiger partial charge < -0.3 is 9.47 Å². The first-order valence-corrected chi connectivity index (χ1v) is 11.3. The lowest BCUT2D eigenvalue weighted by molar-refractivity contribution is -0.385. The van der Waals surface area contributed by atoms with Gasteiger partial charge in [0.25, 0.3) is 5.69 Å². The van der Waals surface area contributed by atoms with Gasteiger partial charge in [0.05, 0.1) is 22.5 Å². The summed E-state index contributed by atoms with van der Waals surface area (Å²) in [6, 6.07) is 8.38. The number of nitro benzene ring substituents is 1. The molecule has 9 nitrogen and oxygen atoms in total. The lowest BCUT2D eigenvalue weighted by Crippen LogP contribution is -2.35. The van der Waals surface area contributed by atoms with Gasteiger partial charge in [-0.3, -0.25) is 10.1 Å². The first kappa shape index (κ1) is 22.7. The normalized spacial score (nSPS) is 14.8. The Morgan fingerprint density at radius 3 is 2.48 bits per heavy atom. The highest BCUT2D eigenvalue weighted by molar-refractivity contribution is 7.89. The minimum atomic E-state index is -3.70. The van der Waals surface area contributed by atoms with Crippen LogP contribution in [-0.4, -0.2) is 43.8 Å². The van der Waals surface area contributed by atoms with E-state index in [1.807, 2.05) is 0 Å². The molecular formula is C21H24N2O7S. The summed E-state index contributed by atoms with van der Waals surface area (Å²) in [5.74, 6) is -0.377. The zero-order valence-electron chi connectivity index (χ0n) is 17.4. The highest BCUT2D eigenvalue weighted by atomic mass is 32.2. The second-order valence-electron chi connectivity index (χ2n) is 7.27. The van der Waals surface area contributed by atoms with E-state index in [9.17, 15) is 23.3 Å². The molecule has 0 N–H and O–H groups in total. The number of methoxy groups -OCH3 is 1. The molecule has 1 aliphatic rings. The molecule has 0 aliphatic carbocycles. The number of piperidine rings is 1. The molecule has 1 fully saturated rings. The number of hydrogen-bond donors (Lipinski definition) is 0. The number of nitrogens with zero attached hydrogens (tertiary/aromatic N) is 2. The highest BCUT2D eigenvalue weighted by Crippen LogP contribution is 2.26. The molecule has 0 spiro atoms. The summed E-state index contributed by atoms with van der Waals surface area (Å²) in [6.45, 7) is 2.35. The van der Waals surface area contributed by atoms with Crippen LogP contribution in [0.5, 0.6) is 5.75 Å². The van der Waals surface area contributed by atoms with Crippen molar-refractivity contribution in [2.75, 3.05) is 20.2 Å². The van der Waals surface area contributed by atoms with Crippen LogP contribution < -0.4 is 4.74 Å². The number of sulfonamides is 1. The molecule has 1 heterocycles. The number of nitro groups is 1. The van der Waals surface area contributed by atoms with Gasteiger partial charge in [0.2, 0.25) is 10.0 Å². The first-order chi connectivity index (χ1) is 14.7. The predicted octanol–water partition coefficient (Wildman–Crippen LogP) is 3.44. The Kier molecular flexibility index (Phi) is 6.91. The van der Waals surface area contributed by atoms with Gasteiger partial charge in [0.1, 0.15) is 12.4 Å². The van der Waals surface area contributed by atoms with Crippen LogP contribution in [0.4, 0.5) is 5.69 Å². The van der Waals surface area contributed by atoms with Crippen LogP contribution in [0.1, 0.15) is 40.7 Å². The van der Waals surface area contributed by atoms with Gasteiger partial charge in [0.15, 0.2) is 0 Å². The highest BCUT2D eigenvalue weighted by Gasteiger charge is 2.27. The maximum Gasteiger partial charge on any atom is 0.338 e. The third-order valence-electron chi connectivity index (χ3n) is 5.22. The summed E-state index contributed by atoms with van der Waals surface area (Å²) in [5, 5.41) is 11.0. The Labute approximate surface area is 180 Å². The van der Waals surface area contributed by atoms with E-state index >= 15 is 0 Å². The van der Waals surface area contributed by atoms with Crippen LogP contribution in [-0.2, 0) is 21.4 Å². The van der Waals surface area contributed by atoms with Gasteiger partial charge in [-0.25, -0.2) is 13.2 Å². The van der Waals surface area contributed by atoms with E-state index in [1.54, 1.807) is 13.0 Å². The van der Waals surface area contributed by atoms with Crippen LogP contribution in [0.25, 0.3) is 0 Å². The molecule has 1 saturated heterocycles. The SMILES string of the molecule is COc1ccc([N+](=O)[O-])cc1COC(=O)c1cc(S(=O)(=O)N2CCCCC2)ccc1C. The van der Waals surface area contributed by atoms with Crippen LogP contribution in [0.2, 0.25) is 0 Å². The van der Waals surface area contributed by atoms with E-state index in [1.165, 1.54) is 41.7 Å². The van der Waals surface area contributed by atoms with Gasteiger partial charge in [-0.15, -0.1) is 0 Å². The molecule has 2 aromatic rings. The van der Waals surface area contributed by atoms with Crippen LogP contribution in [0, 0.1) is 17.0 Å². The van der Waals surface area contributed by atoms with Crippen LogP contribution >= 0.6 is 0 Å². The van der Waals surface area contributed by atoms with Crippen LogP contribution in [0.15, 0.2) is 41.3 Å². The fourth-order valence-electron chi connectivity index (χ4n) is 3.45. The van der Waals surface area contributed by atoms with E-state index in [0.717, 1.165) is 19.3 Å². The van der Waals surface area contributed by atoms with Crippen molar-refractivity contribution in [1.82, 2.24) is 4.31 Å². The predicted molar refractivity (Wildman–Crippen MR) is 113 cm³/mol. The zero-order chi connectivity index (χ0) is 22.6. The van der Waals surface area contributed by atoms with Crippen molar-refractivity contribution in [3.05, 3.63) is 63.2 Å². The second-order valence-corrected chi connectivity index (χ2v) is 9.21. The molecule has 166 valence electrons. The molecule has 10 heteroatoms. The molecule has 31 heavy (non-hydrogen) atoms. The quantitative estimate of drug-likeness (QED) is 0.362. The van der Waals surface area contributed by atoms with E-state index in [2.05, 4.69) is 0 Å². The Morgan fingerprint density at radius 1 is 1.13 bits per heavy atom. The number of carbonyl (C=O) groups excluding carboxylic acids is 1. The summed E-state index contributed by atoms with van der Waals surface area (Å²) in [5.41, 5.74) is 0.869. The molecule has 0 amide bonds. The third-order valence-corrected chi connectivity index (χ3v) is 7.11. The monoisotopic (exact) mass is 448 g/mol. The van der Waals surface area contributed by atoms with Gasteiger partial charge in [-0.2, -0.15) is 4.31 Å². The molecule has 0 aromatic heterocycles. The van der Waals surface area contributed by atoms with Crippen molar-refractivity contribution in [2.45, 2.75) is 37.7 Å². The van der Waals surface area contributed by atoms with Gasteiger partial charge in [-0.05, 0) is 43.5 Å². The topological polar surface area (TPSA) is 116 Å². The third kappa shape index (κ3) is 5.02. The van der Waals surface area contributed by atoms with Crippen molar-refractivity contribution in [1.29, 1.82) is 0 Å². The molecule has 1 aliphatic heterocycles. The minimum Gasteiger partial charge on any atom is -0.496 e. The fourth-order valence-corrected chi connectivity index (χ4v) is 4.99. The average molecular weight is 448 g/mol. The van der Waals surface area contributed by atoms with Crippen molar-refractivity contribution < 1.29 is 27.6 Å². The Hall–Kier alpha value is -2.98. The number of hydrogen-bond acceptors (Lipinski definition) is 7. The molecule has 0 atom stereocenters.